The molecule has 0 aliphatic heterocycles. The molecule has 0 saturated heterocycles. The Morgan fingerprint density at radius 1 is 1.25 bits per heavy atom. The van der Waals surface area contributed by atoms with Crippen molar-refractivity contribution in [1.82, 2.24) is 9.97 Å². The SMILES string of the molecule is CCCNc1ncnc(Nc2cc(Cl)ccc2C)c1Br. The zero-order chi connectivity index (χ0) is 14.5. The van der Waals surface area contributed by atoms with Gasteiger partial charge in [-0.05, 0) is 47.0 Å². The van der Waals surface area contributed by atoms with Crippen molar-refractivity contribution in [2.24, 2.45) is 0 Å². The fraction of sp³-hybridized carbons (Fsp3) is 0.286. The molecular weight excluding hydrogens is 340 g/mol. The van der Waals surface area contributed by atoms with Gasteiger partial charge in [-0.15, -0.1) is 0 Å². The quantitative estimate of drug-likeness (QED) is 0.811. The highest BCUT2D eigenvalue weighted by molar-refractivity contribution is 9.10. The molecule has 4 nitrogen and oxygen atoms in total. The van der Waals surface area contributed by atoms with Gasteiger partial charge >= 0.3 is 0 Å². The molecule has 0 spiro atoms. The normalized spacial score (nSPS) is 10.4. The Kier molecular flexibility index (Phi) is 5.20. The summed E-state index contributed by atoms with van der Waals surface area (Å²) in [7, 11) is 0. The van der Waals surface area contributed by atoms with E-state index in [1.807, 2.05) is 25.1 Å². The summed E-state index contributed by atoms with van der Waals surface area (Å²) < 4.78 is 0.813. The molecule has 0 bridgehead atoms. The van der Waals surface area contributed by atoms with Crippen molar-refractivity contribution in [1.29, 1.82) is 0 Å². The summed E-state index contributed by atoms with van der Waals surface area (Å²) >= 11 is 9.55. The van der Waals surface area contributed by atoms with Gasteiger partial charge in [0.15, 0.2) is 0 Å². The maximum Gasteiger partial charge on any atom is 0.150 e. The Balaban J connectivity index is 2.27. The van der Waals surface area contributed by atoms with Crippen LogP contribution in [0.1, 0.15) is 18.9 Å². The molecule has 6 heteroatoms. The van der Waals surface area contributed by atoms with E-state index in [1.54, 1.807) is 0 Å². The van der Waals surface area contributed by atoms with E-state index >= 15 is 0 Å². The van der Waals surface area contributed by atoms with Crippen LogP contribution in [0.2, 0.25) is 5.02 Å². The summed E-state index contributed by atoms with van der Waals surface area (Å²) in [6.07, 6.45) is 2.57. The van der Waals surface area contributed by atoms with Crippen LogP contribution < -0.4 is 10.6 Å². The Labute approximate surface area is 132 Å². The van der Waals surface area contributed by atoms with Gasteiger partial charge in [-0.3, -0.25) is 0 Å². The maximum atomic E-state index is 6.03. The van der Waals surface area contributed by atoms with Crippen LogP contribution in [0.15, 0.2) is 29.0 Å². The number of aryl methyl sites for hydroxylation is 1. The van der Waals surface area contributed by atoms with Crippen LogP contribution in [0.3, 0.4) is 0 Å². The van der Waals surface area contributed by atoms with Crippen molar-refractivity contribution in [2.45, 2.75) is 20.3 Å². The van der Waals surface area contributed by atoms with Gasteiger partial charge in [0.05, 0.1) is 0 Å². The first kappa shape index (κ1) is 15.1. The van der Waals surface area contributed by atoms with Gasteiger partial charge in [-0.2, -0.15) is 0 Å². The molecule has 106 valence electrons. The minimum Gasteiger partial charge on any atom is -0.369 e. The monoisotopic (exact) mass is 354 g/mol. The Morgan fingerprint density at radius 2 is 2.00 bits per heavy atom. The predicted molar refractivity (Wildman–Crippen MR) is 88.0 cm³/mol. The van der Waals surface area contributed by atoms with Crippen LogP contribution in [0.25, 0.3) is 0 Å². The van der Waals surface area contributed by atoms with Gasteiger partial charge in [0.2, 0.25) is 0 Å². The van der Waals surface area contributed by atoms with E-state index in [0.717, 1.165) is 34.5 Å². The summed E-state index contributed by atoms with van der Waals surface area (Å²) in [6, 6.07) is 5.71. The Morgan fingerprint density at radius 3 is 2.75 bits per heavy atom. The Bertz CT molecular complexity index is 604. The second kappa shape index (κ2) is 6.90. The van der Waals surface area contributed by atoms with E-state index < -0.39 is 0 Å². The average Bonchev–Trinajstić information content (AvgIpc) is 2.44. The Hall–Kier alpha value is -1.33. The molecule has 0 saturated carbocycles. The van der Waals surface area contributed by atoms with Gasteiger partial charge < -0.3 is 10.6 Å². The topological polar surface area (TPSA) is 49.8 Å². The molecule has 0 aliphatic rings. The van der Waals surface area contributed by atoms with Crippen molar-refractivity contribution >= 4 is 44.9 Å². The molecule has 0 unspecified atom stereocenters. The fourth-order valence-electron chi connectivity index (χ4n) is 1.68. The van der Waals surface area contributed by atoms with Gasteiger partial charge in [-0.25, -0.2) is 9.97 Å². The molecule has 2 aromatic rings. The zero-order valence-corrected chi connectivity index (χ0v) is 13.7. The molecular formula is C14H16BrClN4. The van der Waals surface area contributed by atoms with Crippen LogP contribution in [-0.2, 0) is 0 Å². The van der Waals surface area contributed by atoms with Crippen LogP contribution in [0.4, 0.5) is 17.3 Å². The number of hydrogen-bond donors (Lipinski definition) is 2. The standard InChI is InChI=1S/C14H16BrClN4/c1-3-6-17-13-12(15)14(19-8-18-13)20-11-7-10(16)5-4-9(11)2/h4-5,7-8H,3,6H2,1-2H3,(H2,17,18,19,20). The van der Waals surface area contributed by atoms with Crippen molar-refractivity contribution in [3.63, 3.8) is 0 Å². The number of hydrogen-bond acceptors (Lipinski definition) is 4. The summed E-state index contributed by atoms with van der Waals surface area (Å²) in [5.41, 5.74) is 2.03. The number of nitrogens with one attached hydrogen (secondary N) is 2. The second-order valence-corrected chi connectivity index (χ2v) is 5.63. The largest absolute Gasteiger partial charge is 0.369 e. The van der Waals surface area contributed by atoms with Crippen molar-refractivity contribution < 1.29 is 0 Å². The summed E-state index contributed by atoms with van der Waals surface area (Å²) in [6.45, 7) is 4.99. The van der Waals surface area contributed by atoms with Crippen LogP contribution in [-0.4, -0.2) is 16.5 Å². The predicted octanol–water partition coefficient (Wildman–Crippen LogP) is 4.77. The number of halogens is 2. The first-order chi connectivity index (χ1) is 9.61. The lowest BCUT2D eigenvalue weighted by Crippen LogP contribution is -2.05. The van der Waals surface area contributed by atoms with Crippen molar-refractivity contribution in [3.8, 4) is 0 Å². The first-order valence-electron chi connectivity index (χ1n) is 6.39. The van der Waals surface area contributed by atoms with Gasteiger partial charge in [-0.1, -0.05) is 24.6 Å². The summed E-state index contributed by atoms with van der Waals surface area (Å²) in [5.74, 6) is 1.49. The van der Waals surface area contributed by atoms with Crippen molar-refractivity contribution in [2.75, 3.05) is 17.2 Å². The van der Waals surface area contributed by atoms with Crippen molar-refractivity contribution in [3.05, 3.63) is 39.6 Å². The molecule has 20 heavy (non-hydrogen) atoms. The van der Waals surface area contributed by atoms with E-state index in [-0.39, 0.29) is 0 Å². The molecule has 0 aliphatic carbocycles. The van der Waals surface area contributed by atoms with E-state index in [0.29, 0.717) is 10.8 Å². The number of aromatic nitrogens is 2. The molecule has 0 amide bonds. The molecule has 0 radical (unpaired) electrons. The smallest absolute Gasteiger partial charge is 0.150 e. The lowest BCUT2D eigenvalue weighted by atomic mass is 10.2. The molecule has 2 rings (SSSR count). The third-order valence-corrected chi connectivity index (χ3v) is 3.77. The number of benzene rings is 1. The van der Waals surface area contributed by atoms with Gasteiger partial charge in [0, 0.05) is 17.3 Å². The lowest BCUT2D eigenvalue weighted by Gasteiger charge is -2.13. The number of rotatable bonds is 5. The van der Waals surface area contributed by atoms with Gasteiger partial charge in [0.25, 0.3) is 0 Å². The molecule has 1 aromatic heterocycles. The van der Waals surface area contributed by atoms with E-state index in [2.05, 4.69) is 43.5 Å². The average molecular weight is 356 g/mol. The van der Waals surface area contributed by atoms with Crippen LogP contribution in [0, 0.1) is 6.92 Å². The molecule has 1 aromatic carbocycles. The molecule has 0 fully saturated rings. The maximum absolute atomic E-state index is 6.03. The highest BCUT2D eigenvalue weighted by atomic mass is 79.9. The van der Waals surface area contributed by atoms with E-state index in [4.69, 9.17) is 11.6 Å². The zero-order valence-electron chi connectivity index (χ0n) is 11.4. The van der Waals surface area contributed by atoms with E-state index in [1.165, 1.54) is 6.33 Å². The molecule has 1 heterocycles. The highest BCUT2D eigenvalue weighted by Gasteiger charge is 2.09. The summed E-state index contributed by atoms with van der Waals surface area (Å²) in [5, 5.41) is 7.21. The highest BCUT2D eigenvalue weighted by Crippen LogP contribution is 2.30. The third-order valence-electron chi connectivity index (χ3n) is 2.78. The number of anilines is 3. The van der Waals surface area contributed by atoms with Crippen LogP contribution >= 0.6 is 27.5 Å². The lowest BCUT2D eigenvalue weighted by molar-refractivity contribution is 0.962. The first-order valence-corrected chi connectivity index (χ1v) is 7.56. The van der Waals surface area contributed by atoms with Gasteiger partial charge in [0.1, 0.15) is 22.4 Å². The molecule has 2 N–H and O–H groups in total. The van der Waals surface area contributed by atoms with Crippen LogP contribution in [0.5, 0.6) is 0 Å². The number of nitrogens with zero attached hydrogens (tertiary/aromatic N) is 2. The minimum atomic E-state index is 0.688. The third kappa shape index (κ3) is 3.61. The fourth-order valence-corrected chi connectivity index (χ4v) is 2.30. The molecule has 0 atom stereocenters. The van der Waals surface area contributed by atoms with E-state index in [9.17, 15) is 0 Å². The second-order valence-electron chi connectivity index (χ2n) is 4.40. The summed E-state index contributed by atoms with van der Waals surface area (Å²) in [4.78, 5) is 8.48. The minimum absolute atomic E-state index is 0.688.